The van der Waals surface area contributed by atoms with E-state index in [-0.39, 0.29) is 30.0 Å². The lowest BCUT2D eigenvalue weighted by molar-refractivity contribution is -0.136. The molecule has 4 N–H and O–H groups in total. The van der Waals surface area contributed by atoms with E-state index in [1.165, 1.54) is 5.56 Å². The van der Waals surface area contributed by atoms with Gasteiger partial charge in [0.25, 0.3) is 11.8 Å². The summed E-state index contributed by atoms with van der Waals surface area (Å²) in [5, 5.41) is 5.42. The molecule has 2 unspecified atom stereocenters. The Balaban J connectivity index is 1.45. The maximum Gasteiger partial charge on any atom is 0.262 e. The van der Waals surface area contributed by atoms with Crippen LogP contribution in [0.15, 0.2) is 42.5 Å². The van der Waals surface area contributed by atoms with Crippen LogP contribution in [0, 0.1) is 0 Å². The Morgan fingerprint density at radius 3 is 2.31 bits per heavy atom. The number of fused-ring (bicyclic) bond motifs is 1. The summed E-state index contributed by atoms with van der Waals surface area (Å²) in [4.78, 5) is 50.2. The van der Waals surface area contributed by atoms with Gasteiger partial charge in [-0.2, -0.15) is 0 Å². The number of piperidine rings is 1. The minimum absolute atomic E-state index is 0.0899. The van der Waals surface area contributed by atoms with E-state index in [4.69, 9.17) is 5.73 Å². The Kier molecular flexibility index (Phi) is 5.80. The number of nitrogens with one attached hydrogen (secondary N) is 2. The maximum atomic E-state index is 12.9. The Morgan fingerprint density at radius 2 is 1.66 bits per heavy atom. The van der Waals surface area contributed by atoms with Crippen LogP contribution < -0.4 is 16.4 Å². The third kappa shape index (κ3) is 4.01. The standard InChI is InChI=1S/C24H26N4O4/c1-13(2)14-3-5-15(6-4-14)19(25)12-26-16-7-8-17-18(11-16)24(32)28(23(17)31)20-9-10-21(29)27-22(20)30/h3-8,11,13,19-20,26H,9-10,12,25H2,1-2H3,(H,27,29,30). The smallest absolute Gasteiger partial charge is 0.262 e. The lowest BCUT2D eigenvalue weighted by Gasteiger charge is -2.27. The molecule has 4 rings (SSSR count). The van der Waals surface area contributed by atoms with Crippen LogP contribution in [0.5, 0.6) is 0 Å². The number of nitrogens with two attached hydrogens (primary N) is 1. The summed E-state index contributed by atoms with van der Waals surface area (Å²) in [6, 6.07) is 11.9. The normalized spacial score (nSPS) is 19.2. The molecule has 8 nitrogen and oxygen atoms in total. The molecule has 1 fully saturated rings. The minimum Gasteiger partial charge on any atom is -0.383 e. The van der Waals surface area contributed by atoms with Crippen molar-refractivity contribution in [1.29, 1.82) is 0 Å². The van der Waals surface area contributed by atoms with Crippen LogP contribution >= 0.6 is 0 Å². The van der Waals surface area contributed by atoms with E-state index in [0.29, 0.717) is 18.2 Å². The van der Waals surface area contributed by atoms with Crippen LogP contribution in [-0.4, -0.2) is 41.1 Å². The summed E-state index contributed by atoms with van der Waals surface area (Å²) >= 11 is 0. The molecule has 2 aromatic carbocycles. The predicted octanol–water partition coefficient (Wildman–Crippen LogP) is 2.32. The zero-order valence-corrected chi connectivity index (χ0v) is 18.1. The Bertz CT molecular complexity index is 1090. The van der Waals surface area contributed by atoms with Gasteiger partial charge in [0.15, 0.2) is 0 Å². The topological polar surface area (TPSA) is 122 Å². The van der Waals surface area contributed by atoms with Gasteiger partial charge in [-0.1, -0.05) is 38.1 Å². The average Bonchev–Trinajstić information content (AvgIpc) is 3.02. The number of benzene rings is 2. The summed E-state index contributed by atoms with van der Waals surface area (Å²) in [5.41, 5.74) is 9.70. The molecule has 8 heteroatoms. The van der Waals surface area contributed by atoms with Crippen molar-refractivity contribution in [3.63, 3.8) is 0 Å². The van der Waals surface area contributed by atoms with Crippen LogP contribution in [0.1, 0.15) is 70.5 Å². The Morgan fingerprint density at radius 1 is 1.00 bits per heavy atom. The lowest BCUT2D eigenvalue weighted by atomic mass is 9.99. The van der Waals surface area contributed by atoms with Crippen molar-refractivity contribution in [2.24, 2.45) is 5.73 Å². The first-order valence-corrected chi connectivity index (χ1v) is 10.7. The molecule has 0 bridgehead atoms. The van der Waals surface area contributed by atoms with Crippen molar-refractivity contribution < 1.29 is 19.2 Å². The fraction of sp³-hybridized carbons (Fsp3) is 0.333. The first kappa shape index (κ1) is 21.7. The monoisotopic (exact) mass is 434 g/mol. The molecule has 2 aromatic rings. The van der Waals surface area contributed by atoms with E-state index in [2.05, 4.69) is 36.6 Å². The molecule has 0 aliphatic carbocycles. The Labute approximate surface area is 186 Å². The summed E-state index contributed by atoms with van der Waals surface area (Å²) < 4.78 is 0. The number of hydrogen-bond donors (Lipinski definition) is 3. The number of rotatable bonds is 6. The van der Waals surface area contributed by atoms with Crippen LogP contribution in [0.2, 0.25) is 0 Å². The average molecular weight is 434 g/mol. The van der Waals surface area contributed by atoms with Crippen LogP contribution in [0.4, 0.5) is 5.69 Å². The second-order valence-electron chi connectivity index (χ2n) is 8.52. The van der Waals surface area contributed by atoms with Crippen LogP contribution in [0.25, 0.3) is 0 Å². The zero-order chi connectivity index (χ0) is 23.0. The summed E-state index contributed by atoms with van der Waals surface area (Å²) in [6.07, 6.45) is 0.221. The number of hydrogen-bond acceptors (Lipinski definition) is 6. The van der Waals surface area contributed by atoms with Gasteiger partial charge in [0.05, 0.1) is 11.1 Å². The number of carbonyl (C=O) groups excluding carboxylic acids is 4. The number of nitrogens with zero attached hydrogens (tertiary/aromatic N) is 1. The van der Waals surface area contributed by atoms with Crippen molar-refractivity contribution >= 4 is 29.3 Å². The van der Waals surface area contributed by atoms with Gasteiger partial charge in [-0.15, -0.1) is 0 Å². The Hall–Kier alpha value is -3.52. The number of amides is 4. The molecule has 0 spiro atoms. The number of imide groups is 2. The van der Waals surface area contributed by atoms with Gasteiger partial charge in [0.2, 0.25) is 11.8 Å². The highest BCUT2D eigenvalue weighted by molar-refractivity contribution is 6.23. The van der Waals surface area contributed by atoms with Crippen LogP contribution in [0.3, 0.4) is 0 Å². The predicted molar refractivity (Wildman–Crippen MR) is 119 cm³/mol. The van der Waals surface area contributed by atoms with Crippen molar-refractivity contribution in [3.05, 3.63) is 64.7 Å². The van der Waals surface area contributed by atoms with Gasteiger partial charge >= 0.3 is 0 Å². The fourth-order valence-electron chi connectivity index (χ4n) is 4.05. The molecule has 2 heterocycles. The SMILES string of the molecule is CC(C)c1ccc(C(N)CNc2ccc3c(c2)C(=O)N(C2CCC(=O)NC2=O)C3=O)cc1. The molecule has 166 valence electrons. The third-order valence-electron chi connectivity index (χ3n) is 6.00. The highest BCUT2D eigenvalue weighted by atomic mass is 16.2. The zero-order valence-electron chi connectivity index (χ0n) is 18.1. The highest BCUT2D eigenvalue weighted by Crippen LogP contribution is 2.29. The van der Waals surface area contributed by atoms with Gasteiger partial charge in [-0.05, 0) is 41.7 Å². The van der Waals surface area contributed by atoms with E-state index >= 15 is 0 Å². The number of anilines is 1. The quantitative estimate of drug-likeness (QED) is 0.600. The first-order valence-electron chi connectivity index (χ1n) is 10.7. The van der Waals surface area contributed by atoms with E-state index in [1.54, 1.807) is 18.2 Å². The van der Waals surface area contributed by atoms with Gasteiger partial charge in [-0.3, -0.25) is 29.4 Å². The second kappa shape index (κ2) is 8.55. The molecule has 4 amide bonds. The molecule has 0 radical (unpaired) electrons. The second-order valence-corrected chi connectivity index (χ2v) is 8.52. The highest BCUT2D eigenvalue weighted by Gasteiger charge is 2.44. The summed E-state index contributed by atoms with van der Waals surface area (Å²) in [5.74, 6) is -1.62. The maximum absolute atomic E-state index is 12.9. The molecule has 0 aromatic heterocycles. The molecule has 2 aliphatic rings. The molecule has 0 saturated carbocycles. The molecule has 2 aliphatic heterocycles. The van der Waals surface area contributed by atoms with Gasteiger partial charge in [-0.25, -0.2) is 0 Å². The molecule has 1 saturated heterocycles. The summed E-state index contributed by atoms with van der Waals surface area (Å²) in [7, 11) is 0. The minimum atomic E-state index is -0.973. The van der Waals surface area contributed by atoms with Gasteiger partial charge in [0, 0.05) is 24.7 Å². The van der Waals surface area contributed by atoms with Gasteiger partial charge in [0.1, 0.15) is 6.04 Å². The van der Waals surface area contributed by atoms with E-state index in [1.807, 2.05) is 12.1 Å². The molecule has 32 heavy (non-hydrogen) atoms. The summed E-state index contributed by atoms with van der Waals surface area (Å²) in [6.45, 7) is 4.72. The van der Waals surface area contributed by atoms with Crippen LogP contribution in [-0.2, 0) is 9.59 Å². The lowest BCUT2D eigenvalue weighted by Crippen LogP contribution is -2.54. The first-order chi connectivity index (χ1) is 15.3. The van der Waals surface area contributed by atoms with Gasteiger partial charge < -0.3 is 11.1 Å². The van der Waals surface area contributed by atoms with E-state index in [9.17, 15) is 19.2 Å². The number of carbonyl (C=O) groups is 4. The van der Waals surface area contributed by atoms with Crippen molar-refractivity contribution in [2.75, 3.05) is 11.9 Å². The fourth-order valence-corrected chi connectivity index (χ4v) is 4.05. The van der Waals surface area contributed by atoms with E-state index < -0.39 is 29.7 Å². The van der Waals surface area contributed by atoms with Crippen molar-refractivity contribution in [1.82, 2.24) is 10.2 Å². The van der Waals surface area contributed by atoms with E-state index in [0.717, 1.165) is 10.5 Å². The largest absolute Gasteiger partial charge is 0.383 e. The third-order valence-corrected chi connectivity index (χ3v) is 6.00. The molecule has 2 atom stereocenters. The van der Waals surface area contributed by atoms with Crippen molar-refractivity contribution in [3.8, 4) is 0 Å². The molecular formula is C24H26N4O4. The molecular weight excluding hydrogens is 408 g/mol. The van der Waals surface area contributed by atoms with Crippen molar-refractivity contribution in [2.45, 2.75) is 44.7 Å².